The predicted molar refractivity (Wildman–Crippen MR) is 132 cm³/mol. The van der Waals surface area contributed by atoms with Crippen molar-refractivity contribution in [2.45, 2.75) is 13.8 Å². The van der Waals surface area contributed by atoms with Crippen molar-refractivity contribution in [2.24, 2.45) is 0 Å². The highest BCUT2D eigenvalue weighted by molar-refractivity contribution is 6.36. The lowest BCUT2D eigenvalue weighted by atomic mass is 9.94. The molecule has 2 aromatic carbocycles. The van der Waals surface area contributed by atoms with Gasteiger partial charge in [-0.1, -0.05) is 24.3 Å². The van der Waals surface area contributed by atoms with Crippen LogP contribution >= 0.6 is 0 Å². The van der Waals surface area contributed by atoms with E-state index in [9.17, 15) is 14.0 Å². The molecule has 174 valence electrons. The molecule has 34 heavy (non-hydrogen) atoms. The van der Waals surface area contributed by atoms with Gasteiger partial charge in [0.15, 0.2) is 0 Å². The number of amides is 2. The Bertz CT molecular complexity index is 1320. The number of carbonyl (C=O) groups is 2. The number of fused-ring (bicyclic) bond motifs is 1. The summed E-state index contributed by atoms with van der Waals surface area (Å²) in [5, 5.41) is 2.93. The van der Waals surface area contributed by atoms with Crippen molar-refractivity contribution < 1.29 is 14.0 Å². The Morgan fingerprint density at radius 2 is 1.74 bits per heavy atom. The summed E-state index contributed by atoms with van der Waals surface area (Å²) in [5.74, 6) is -0.494. The molecule has 2 N–H and O–H groups in total. The van der Waals surface area contributed by atoms with Gasteiger partial charge in [-0.05, 0) is 61.9 Å². The summed E-state index contributed by atoms with van der Waals surface area (Å²) in [5.41, 5.74) is 6.70. The van der Waals surface area contributed by atoms with Gasteiger partial charge in [-0.3, -0.25) is 9.59 Å². The van der Waals surface area contributed by atoms with E-state index in [4.69, 9.17) is 0 Å². The molecule has 7 heteroatoms. The number of likely N-dealkylation sites (N-methyl/N-ethyl adjacent to an activating group) is 1. The monoisotopic (exact) mass is 458 g/mol. The third-order valence-corrected chi connectivity index (χ3v) is 6.75. The molecule has 1 fully saturated rings. The lowest BCUT2D eigenvalue weighted by Gasteiger charge is -2.32. The molecule has 0 spiro atoms. The number of aromatic amines is 1. The van der Waals surface area contributed by atoms with E-state index in [-0.39, 0.29) is 17.6 Å². The van der Waals surface area contributed by atoms with Gasteiger partial charge in [-0.25, -0.2) is 4.39 Å². The number of H-pyrrole nitrogens is 1. The van der Waals surface area contributed by atoms with E-state index in [0.29, 0.717) is 29.9 Å². The lowest BCUT2D eigenvalue weighted by Crippen LogP contribution is -2.47. The molecule has 1 saturated heterocycles. The summed E-state index contributed by atoms with van der Waals surface area (Å²) in [6.45, 7) is 6.92. The third kappa shape index (κ3) is 3.82. The van der Waals surface area contributed by atoms with Gasteiger partial charge in [0, 0.05) is 48.8 Å². The maximum absolute atomic E-state index is 13.5. The topological polar surface area (TPSA) is 68.4 Å². The fraction of sp³-hybridized carbons (Fsp3) is 0.259. The van der Waals surface area contributed by atoms with Crippen LogP contribution in [0.5, 0.6) is 0 Å². The minimum absolute atomic E-state index is 0.0206. The minimum Gasteiger partial charge on any atom is -0.358 e. The van der Waals surface area contributed by atoms with Crippen molar-refractivity contribution >= 4 is 29.2 Å². The van der Waals surface area contributed by atoms with Crippen LogP contribution in [-0.4, -0.2) is 59.8 Å². The summed E-state index contributed by atoms with van der Waals surface area (Å²) in [6, 6.07) is 11.9. The van der Waals surface area contributed by atoms with Crippen LogP contribution in [-0.2, 0) is 4.79 Å². The number of hydrogen-bond donors (Lipinski definition) is 2. The molecule has 6 nitrogen and oxygen atoms in total. The molecule has 3 aromatic rings. The van der Waals surface area contributed by atoms with Crippen molar-refractivity contribution in [1.82, 2.24) is 14.8 Å². The molecule has 2 aliphatic rings. The Morgan fingerprint density at radius 1 is 1.03 bits per heavy atom. The summed E-state index contributed by atoms with van der Waals surface area (Å²) < 4.78 is 13.5. The highest BCUT2D eigenvalue weighted by Gasteiger charge is 2.29. The van der Waals surface area contributed by atoms with Gasteiger partial charge in [-0.2, -0.15) is 0 Å². The SMILES string of the molecule is Cc1[nH]c(C=C2C(=O)Nc3cccc(-c4ccc(F)cc4)c32)c(C)c1C(=O)N1CCN(C)CC1. The number of halogens is 1. The second-order valence-electron chi connectivity index (χ2n) is 9.01. The number of aromatic nitrogens is 1. The molecule has 0 radical (unpaired) electrons. The molecular formula is C27H27FN4O2. The number of hydrogen-bond acceptors (Lipinski definition) is 3. The van der Waals surface area contributed by atoms with Crippen LogP contribution in [0.3, 0.4) is 0 Å². The zero-order valence-corrected chi connectivity index (χ0v) is 19.5. The van der Waals surface area contributed by atoms with Crippen molar-refractivity contribution in [3.8, 4) is 11.1 Å². The van der Waals surface area contributed by atoms with Crippen LogP contribution in [0.25, 0.3) is 22.8 Å². The number of nitrogens with zero attached hydrogens (tertiary/aromatic N) is 2. The Hall–Kier alpha value is -3.71. The third-order valence-electron chi connectivity index (χ3n) is 6.75. The first kappa shape index (κ1) is 22.1. The molecule has 5 rings (SSSR count). The van der Waals surface area contributed by atoms with E-state index in [1.807, 2.05) is 43.0 Å². The molecule has 0 bridgehead atoms. The summed E-state index contributed by atoms with van der Waals surface area (Å²) in [7, 11) is 2.06. The lowest BCUT2D eigenvalue weighted by molar-refractivity contribution is -0.110. The molecule has 3 heterocycles. The van der Waals surface area contributed by atoms with Gasteiger partial charge in [-0.15, -0.1) is 0 Å². The summed E-state index contributed by atoms with van der Waals surface area (Å²) in [4.78, 5) is 33.7. The van der Waals surface area contributed by atoms with Gasteiger partial charge in [0.1, 0.15) is 5.82 Å². The minimum atomic E-state index is -0.309. The van der Waals surface area contributed by atoms with Gasteiger partial charge >= 0.3 is 0 Å². The van der Waals surface area contributed by atoms with Crippen LogP contribution in [0.2, 0.25) is 0 Å². The first-order chi connectivity index (χ1) is 16.3. The van der Waals surface area contributed by atoms with Gasteiger partial charge in [0.05, 0.1) is 11.1 Å². The fourth-order valence-corrected chi connectivity index (χ4v) is 4.81. The highest BCUT2D eigenvalue weighted by Crippen LogP contribution is 2.40. The summed E-state index contributed by atoms with van der Waals surface area (Å²) >= 11 is 0. The molecule has 1 aromatic heterocycles. The van der Waals surface area contributed by atoms with Crippen molar-refractivity contribution in [1.29, 1.82) is 0 Å². The smallest absolute Gasteiger partial charge is 0.256 e. The number of piperazine rings is 1. The van der Waals surface area contributed by atoms with Crippen molar-refractivity contribution in [3.63, 3.8) is 0 Å². The van der Waals surface area contributed by atoms with Gasteiger partial charge in [0.25, 0.3) is 11.8 Å². The number of aryl methyl sites for hydroxylation is 1. The molecule has 2 aliphatic heterocycles. The van der Waals surface area contributed by atoms with Crippen molar-refractivity contribution in [3.05, 3.63) is 76.4 Å². The fourth-order valence-electron chi connectivity index (χ4n) is 4.81. The van der Waals surface area contributed by atoms with Gasteiger partial charge in [0.2, 0.25) is 0 Å². The first-order valence-corrected chi connectivity index (χ1v) is 11.4. The van der Waals surface area contributed by atoms with E-state index in [1.165, 1.54) is 12.1 Å². The average Bonchev–Trinajstić information content (AvgIpc) is 3.29. The van der Waals surface area contributed by atoms with Crippen LogP contribution in [0, 0.1) is 19.7 Å². The van der Waals surface area contributed by atoms with Crippen LogP contribution in [0.15, 0.2) is 42.5 Å². The van der Waals surface area contributed by atoms with E-state index < -0.39 is 0 Å². The maximum Gasteiger partial charge on any atom is 0.256 e. The Balaban J connectivity index is 1.55. The molecule has 0 atom stereocenters. The van der Waals surface area contributed by atoms with E-state index in [0.717, 1.165) is 46.7 Å². The number of rotatable bonds is 3. The average molecular weight is 459 g/mol. The molecule has 0 saturated carbocycles. The quantitative estimate of drug-likeness (QED) is 0.575. The van der Waals surface area contributed by atoms with E-state index >= 15 is 0 Å². The second kappa shape index (κ2) is 8.57. The zero-order valence-electron chi connectivity index (χ0n) is 19.5. The standard InChI is InChI=1S/C27H27FN4O2/c1-16-23(29-17(2)24(16)27(34)32-13-11-31(3)12-14-32)15-21-25-20(18-7-9-19(28)10-8-18)5-4-6-22(25)30-26(21)33/h4-10,15,29H,11-14H2,1-3H3,(H,30,33). The number of anilines is 1. The molecule has 0 aliphatic carbocycles. The van der Waals surface area contributed by atoms with Crippen LogP contribution in [0.1, 0.15) is 32.9 Å². The molecule has 2 amide bonds. The van der Waals surface area contributed by atoms with E-state index in [2.05, 4.69) is 22.2 Å². The van der Waals surface area contributed by atoms with Crippen molar-refractivity contribution in [2.75, 3.05) is 38.5 Å². The van der Waals surface area contributed by atoms with Crippen LogP contribution in [0.4, 0.5) is 10.1 Å². The second-order valence-corrected chi connectivity index (χ2v) is 9.01. The maximum atomic E-state index is 13.5. The number of nitrogens with one attached hydrogen (secondary N) is 2. The number of carbonyl (C=O) groups excluding carboxylic acids is 2. The zero-order chi connectivity index (χ0) is 24.0. The highest BCUT2D eigenvalue weighted by atomic mass is 19.1. The largest absolute Gasteiger partial charge is 0.358 e. The predicted octanol–water partition coefficient (Wildman–Crippen LogP) is 4.32. The Kier molecular flexibility index (Phi) is 5.57. The Labute approximate surface area is 198 Å². The van der Waals surface area contributed by atoms with Crippen LogP contribution < -0.4 is 5.32 Å². The van der Waals surface area contributed by atoms with Gasteiger partial charge < -0.3 is 20.1 Å². The van der Waals surface area contributed by atoms with E-state index in [1.54, 1.807) is 12.1 Å². The number of benzene rings is 2. The summed E-state index contributed by atoms with van der Waals surface area (Å²) in [6.07, 6.45) is 1.82. The molecule has 0 unspecified atom stereocenters. The normalized spacial score (nSPS) is 17.2. The Morgan fingerprint density at radius 3 is 2.44 bits per heavy atom. The first-order valence-electron chi connectivity index (χ1n) is 11.4. The molecular weight excluding hydrogens is 431 g/mol.